The van der Waals surface area contributed by atoms with Crippen LogP contribution in [0.5, 0.6) is 0 Å². The van der Waals surface area contributed by atoms with Crippen LogP contribution in [0.4, 0.5) is 0 Å². The Morgan fingerprint density at radius 1 is 0.429 bits per heavy atom. The van der Waals surface area contributed by atoms with Crippen molar-refractivity contribution in [2.24, 2.45) is 0 Å². The fourth-order valence-corrected chi connectivity index (χ4v) is 9.77. The molecule has 0 aliphatic rings. The number of rotatable bonds is 4. The van der Waals surface area contributed by atoms with Gasteiger partial charge in [-0.25, -0.2) is 0 Å². The zero-order chi connectivity index (χ0) is 31.3. The molecule has 42 heavy (non-hydrogen) atoms. The molecule has 1 N–H and O–H groups in total. The Bertz CT molecular complexity index is 1460. The van der Waals surface area contributed by atoms with Crippen LogP contribution >= 0.6 is 7.49 Å². The first-order valence-electron chi connectivity index (χ1n) is 15.4. The maximum absolute atomic E-state index is 13.6. The molecule has 0 radical (unpaired) electrons. The quantitative estimate of drug-likeness (QED) is 0.238. The summed E-state index contributed by atoms with van der Waals surface area (Å²) in [4.78, 5) is 13.6. The molecular weight excluding hydrogens is 527 g/mol. The molecule has 0 unspecified atom stereocenters. The summed E-state index contributed by atoms with van der Waals surface area (Å²) in [5.74, 6) is 0. The van der Waals surface area contributed by atoms with Gasteiger partial charge in [0.15, 0.2) is 0 Å². The molecule has 4 aromatic rings. The average Bonchev–Trinajstić information content (AvgIpc) is 2.90. The zero-order valence-electron chi connectivity index (χ0n) is 28.1. The van der Waals surface area contributed by atoms with Crippen molar-refractivity contribution >= 4 is 23.4 Å². The molecule has 0 aromatic heterocycles. The average molecular weight is 581 g/mol. The molecule has 224 valence electrons. The Hall–Kier alpha value is -2.73. The molecule has 0 spiro atoms. The van der Waals surface area contributed by atoms with E-state index in [1.807, 2.05) is 6.07 Å². The van der Waals surface area contributed by atoms with Crippen molar-refractivity contribution in [3.05, 3.63) is 113 Å². The van der Waals surface area contributed by atoms with Crippen LogP contribution in [-0.2, 0) is 21.7 Å². The van der Waals surface area contributed by atoms with Crippen LogP contribution in [0.1, 0.15) is 105 Å². The Balaban J connectivity index is 2.10. The molecule has 0 bridgehead atoms. The van der Waals surface area contributed by atoms with E-state index < -0.39 is 7.49 Å². The Morgan fingerprint density at radius 2 is 0.810 bits per heavy atom. The predicted molar refractivity (Wildman–Crippen MR) is 189 cm³/mol. The van der Waals surface area contributed by atoms with E-state index in [2.05, 4.69) is 168 Å². The topological polar surface area (TPSA) is 20.2 Å². The summed E-state index contributed by atoms with van der Waals surface area (Å²) >= 11 is 0. The van der Waals surface area contributed by atoms with Crippen molar-refractivity contribution < 1.29 is 4.89 Å². The van der Waals surface area contributed by atoms with Crippen LogP contribution in [0.25, 0.3) is 11.1 Å². The van der Waals surface area contributed by atoms with Gasteiger partial charge in [0, 0.05) is 0 Å². The van der Waals surface area contributed by atoms with E-state index in [-0.39, 0.29) is 21.7 Å². The fraction of sp³-hybridized carbons (Fsp3) is 0.400. The zero-order valence-corrected chi connectivity index (χ0v) is 29.1. The minimum atomic E-state index is -3.47. The van der Waals surface area contributed by atoms with Gasteiger partial charge >= 0.3 is 257 Å². The molecule has 0 fully saturated rings. The van der Waals surface area contributed by atoms with Crippen molar-refractivity contribution in [3.8, 4) is 11.1 Å². The normalized spacial score (nSPS) is 13.7. The molecule has 4 aromatic carbocycles. The van der Waals surface area contributed by atoms with Crippen molar-refractivity contribution in [1.82, 2.24) is 0 Å². The Morgan fingerprint density at radius 3 is 1.17 bits per heavy atom. The second-order valence-electron chi connectivity index (χ2n) is 16.2. The van der Waals surface area contributed by atoms with Gasteiger partial charge in [-0.2, -0.15) is 0 Å². The molecular formula is C40H53OP. The molecule has 0 aliphatic carbocycles. The van der Waals surface area contributed by atoms with Gasteiger partial charge in [0.2, 0.25) is 0 Å². The summed E-state index contributed by atoms with van der Waals surface area (Å²) < 4.78 is 0. The summed E-state index contributed by atoms with van der Waals surface area (Å²) in [6.45, 7) is 27.3. The third kappa shape index (κ3) is 6.44. The summed E-state index contributed by atoms with van der Waals surface area (Å²) in [6, 6.07) is 33.0. The monoisotopic (exact) mass is 580 g/mol. The first-order chi connectivity index (χ1) is 19.2. The molecule has 2 heteroatoms. The minimum absolute atomic E-state index is 0.0143. The third-order valence-corrected chi connectivity index (χ3v) is 12.2. The second-order valence-corrected chi connectivity index (χ2v) is 19.3. The van der Waals surface area contributed by atoms with Crippen LogP contribution in [0.2, 0.25) is 0 Å². The SMILES string of the molecule is CC(C)(C)c1ccc([PH](O)(c2ccc(-c3ccccc3)cc2)c2ccc(C(C)(C)C)cc2C(C)(C)C)c(C(C)(C)C)c1. The molecule has 0 atom stereocenters. The summed E-state index contributed by atoms with van der Waals surface area (Å²) in [6.07, 6.45) is 0. The first-order valence-corrected chi connectivity index (χ1v) is 17.4. The summed E-state index contributed by atoms with van der Waals surface area (Å²) in [7, 11) is -3.47. The first kappa shape index (κ1) is 32.2. The Kier molecular flexibility index (Phi) is 8.49. The van der Waals surface area contributed by atoms with E-state index in [0.29, 0.717) is 0 Å². The fourth-order valence-electron chi connectivity index (χ4n) is 5.88. The molecule has 1 nitrogen and oxygen atoms in total. The van der Waals surface area contributed by atoms with Crippen LogP contribution in [-0.4, -0.2) is 4.89 Å². The van der Waals surface area contributed by atoms with Gasteiger partial charge in [0.25, 0.3) is 0 Å². The predicted octanol–water partition coefficient (Wildman–Crippen LogP) is 9.48. The van der Waals surface area contributed by atoms with Crippen LogP contribution in [0, 0.1) is 0 Å². The van der Waals surface area contributed by atoms with E-state index in [1.165, 1.54) is 27.8 Å². The molecule has 0 amide bonds. The number of benzene rings is 4. The van der Waals surface area contributed by atoms with Crippen molar-refractivity contribution in [1.29, 1.82) is 0 Å². The van der Waals surface area contributed by atoms with Gasteiger partial charge in [-0.05, 0) is 0 Å². The van der Waals surface area contributed by atoms with Gasteiger partial charge < -0.3 is 0 Å². The molecule has 0 heterocycles. The van der Waals surface area contributed by atoms with E-state index in [4.69, 9.17) is 0 Å². The second kappa shape index (κ2) is 11.1. The van der Waals surface area contributed by atoms with E-state index >= 15 is 0 Å². The summed E-state index contributed by atoms with van der Waals surface area (Å²) in [5, 5.41) is 3.19. The van der Waals surface area contributed by atoms with Gasteiger partial charge in [0.1, 0.15) is 0 Å². The van der Waals surface area contributed by atoms with Crippen molar-refractivity contribution in [2.45, 2.75) is 105 Å². The van der Waals surface area contributed by atoms with Gasteiger partial charge in [-0.3, -0.25) is 0 Å². The van der Waals surface area contributed by atoms with Gasteiger partial charge in [-0.1, -0.05) is 0 Å². The number of hydrogen-bond donors (Lipinski definition) is 1. The third-order valence-electron chi connectivity index (χ3n) is 8.58. The van der Waals surface area contributed by atoms with Crippen LogP contribution in [0.3, 0.4) is 0 Å². The molecule has 0 saturated carbocycles. The van der Waals surface area contributed by atoms with Gasteiger partial charge in [-0.15, -0.1) is 0 Å². The van der Waals surface area contributed by atoms with E-state index in [0.717, 1.165) is 21.5 Å². The molecule has 0 saturated heterocycles. The standard InChI is InChI=1S/C40H53OP/c1-37(2,3)30-20-24-35(33(26-30)39(7,8)9)42(41,32-22-18-29(19-23-32)28-16-14-13-15-17-28)36-25-21-31(38(4,5)6)27-34(36)40(10,11)12/h13-27,41-42H,1-12H3. The van der Waals surface area contributed by atoms with Crippen molar-refractivity contribution in [2.75, 3.05) is 0 Å². The molecule has 0 aliphatic heterocycles. The summed E-state index contributed by atoms with van der Waals surface area (Å²) in [5.41, 5.74) is 7.15. The Labute approximate surface area is 256 Å². The van der Waals surface area contributed by atoms with Crippen LogP contribution in [0.15, 0.2) is 91.0 Å². The number of hydrogen-bond acceptors (Lipinski definition) is 1. The van der Waals surface area contributed by atoms with E-state index in [9.17, 15) is 4.89 Å². The van der Waals surface area contributed by atoms with Crippen LogP contribution < -0.4 is 15.9 Å². The maximum atomic E-state index is 13.6. The van der Waals surface area contributed by atoms with Gasteiger partial charge in [0.05, 0.1) is 0 Å². The van der Waals surface area contributed by atoms with Crippen molar-refractivity contribution in [3.63, 3.8) is 0 Å². The van der Waals surface area contributed by atoms with E-state index in [1.54, 1.807) is 0 Å². The molecule has 4 rings (SSSR count).